The van der Waals surface area contributed by atoms with Crippen LogP contribution in [0, 0.1) is 0 Å². The Kier molecular flexibility index (Phi) is 6.10. The fourth-order valence-electron chi connectivity index (χ4n) is 3.59. The first-order chi connectivity index (χ1) is 14.5. The fourth-order valence-corrected chi connectivity index (χ4v) is 4.67. The Labute approximate surface area is 183 Å². The van der Waals surface area contributed by atoms with Crippen LogP contribution in [0.5, 0.6) is 0 Å². The summed E-state index contributed by atoms with van der Waals surface area (Å²) in [6, 6.07) is 30.1. The highest BCUT2D eigenvalue weighted by Gasteiger charge is 2.14. The zero-order valence-electron chi connectivity index (χ0n) is 17.9. The van der Waals surface area contributed by atoms with Crippen LogP contribution in [-0.4, -0.2) is 10.7 Å². The van der Waals surface area contributed by atoms with E-state index < -0.39 is 0 Å². The molecule has 0 amide bonds. The van der Waals surface area contributed by atoms with Crippen molar-refractivity contribution in [1.29, 1.82) is 0 Å². The lowest BCUT2D eigenvalue weighted by molar-refractivity contribution is 0.514. The third-order valence-electron chi connectivity index (χ3n) is 5.00. The number of rotatable bonds is 4. The molecule has 0 aliphatic heterocycles. The lowest BCUT2D eigenvalue weighted by atomic mass is 10.1. The maximum Gasteiger partial charge on any atom is 0.157 e. The predicted molar refractivity (Wildman–Crippen MR) is 133 cm³/mol. The van der Waals surface area contributed by atoms with E-state index in [0.717, 1.165) is 10.9 Å². The van der Waals surface area contributed by atoms with Gasteiger partial charge < -0.3 is 5.32 Å². The minimum absolute atomic E-state index is 0.0383. The molecule has 0 spiro atoms. The van der Waals surface area contributed by atoms with Crippen LogP contribution in [0.2, 0.25) is 0 Å². The van der Waals surface area contributed by atoms with E-state index >= 15 is 0 Å². The Morgan fingerprint density at radius 1 is 0.733 bits per heavy atom. The molecule has 4 rings (SSSR count). The van der Waals surface area contributed by atoms with E-state index in [1.165, 1.54) is 32.7 Å². The van der Waals surface area contributed by atoms with Crippen LogP contribution in [0.4, 0.5) is 0 Å². The molecular formula is C27H28N2S. The fraction of sp³-hybridized carbons (Fsp3) is 0.222. The van der Waals surface area contributed by atoms with Crippen LogP contribution in [0.15, 0.2) is 89.9 Å². The quantitative estimate of drug-likeness (QED) is 0.284. The Balaban J connectivity index is 1.58. The number of nitrogens with one attached hydrogen (secondary N) is 1. The molecule has 2 nitrogen and oxygen atoms in total. The zero-order valence-corrected chi connectivity index (χ0v) is 18.7. The number of fused-ring (bicyclic) bond motifs is 2. The summed E-state index contributed by atoms with van der Waals surface area (Å²) in [6.45, 7) is 7.21. The summed E-state index contributed by atoms with van der Waals surface area (Å²) in [6.07, 6.45) is 0. The number of hydrogen-bond acceptors (Lipinski definition) is 2. The summed E-state index contributed by atoms with van der Waals surface area (Å²) in [7, 11) is 0. The van der Waals surface area contributed by atoms with Gasteiger partial charge in [0.2, 0.25) is 0 Å². The minimum Gasteiger partial charge on any atom is -0.360 e. The first-order valence-corrected chi connectivity index (χ1v) is 11.4. The molecular weight excluding hydrogens is 384 g/mol. The molecule has 3 heteroatoms. The second-order valence-electron chi connectivity index (χ2n) is 8.56. The lowest BCUT2D eigenvalue weighted by Gasteiger charge is -2.23. The third kappa shape index (κ3) is 5.03. The molecule has 0 aliphatic rings. The van der Waals surface area contributed by atoms with Crippen LogP contribution in [0.25, 0.3) is 21.5 Å². The maximum absolute atomic E-state index is 4.99. The number of aliphatic imine (C=N–C) groups is 1. The van der Waals surface area contributed by atoms with Gasteiger partial charge in [-0.25, -0.2) is 0 Å². The van der Waals surface area contributed by atoms with Crippen molar-refractivity contribution in [1.82, 2.24) is 5.32 Å². The summed E-state index contributed by atoms with van der Waals surface area (Å²) >= 11 is 1.78. The van der Waals surface area contributed by atoms with Crippen molar-refractivity contribution in [3.8, 4) is 0 Å². The summed E-state index contributed by atoms with van der Waals surface area (Å²) in [5.41, 5.74) is 2.56. The number of nitrogens with zero attached hydrogens (tertiary/aromatic N) is 1. The van der Waals surface area contributed by atoms with Gasteiger partial charge in [0.25, 0.3) is 0 Å². The number of hydrogen-bond donors (Lipinski definition) is 1. The van der Waals surface area contributed by atoms with Gasteiger partial charge in [0.05, 0.1) is 6.54 Å². The molecule has 0 aliphatic carbocycles. The van der Waals surface area contributed by atoms with Crippen LogP contribution < -0.4 is 5.32 Å². The molecule has 1 N–H and O–H groups in total. The second kappa shape index (κ2) is 8.93. The van der Waals surface area contributed by atoms with Gasteiger partial charge in [0.15, 0.2) is 5.17 Å². The van der Waals surface area contributed by atoms with E-state index in [9.17, 15) is 0 Å². The summed E-state index contributed by atoms with van der Waals surface area (Å²) in [5, 5.41) is 9.74. The number of thioether (sulfide) groups is 1. The Hall–Kier alpha value is -2.78. The average Bonchev–Trinajstić information content (AvgIpc) is 2.74. The van der Waals surface area contributed by atoms with Crippen molar-refractivity contribution >= 4 is 38.5 Å². The number of benzene rings is 4. The smallest absolute Gasteiger partial charge is 0.157 e. The topological polar surface area (TPSA) is 24.4 Å². The van der Waals surface area contributed by atoms with E-state index in [0.29, 0.717) is 6.54 Å². The van der Waals surface area contributed by atoms with E-state index in [1.807, 2.05) is 0 Å². The lowest BCUT2D eigenvalue weighted by Crippen LogP contribution is -2.39. The summed E-state index contributed by atoms with van der Waals surface area (Å²) < 4.78 is 0. The van der Waals surface area contributed by atoms with E-state index in [4.69, 9.17) is 4.99 Å². The van der Waals surface area contributed by atoms with Crippen molar-refractivity contribution in [2.45, 2.75) is 38.6 Å². The van der Waals surface area contributed by atoms with Crippen LogP contribution in [-0.2, 0) is 12.3 Å². The summed E-state index contributed by atoms with van der Waals surface area (Å²) in [5.74, 6) is 0.888. The maximum atomic E-state index is 4.99. The molecule has 4 aromatic carbocycles. The van der Waals surface area contributed by atoms with Gasteiger partial charge in [-0.1, -0.05) is 96.7 Å². The molecule has 0 saturated carbocycles. The largest absolute Gasteiger partial charge is 0.360 e. The molecule has 0 fully saturated rings. The van der Waals surface area contributed by atoms with Gasteiger partial charge in [-0.2, -0.15) is 0 Å². The van der Waals surface area contributed by atoms with Gasteiger partial charge in [-0.05, 0) is 53.4 Å². The zero-order chi connectivity index (χ0) is 21.0. The van der Waals surface area contributed by atoms with Crippen molar-refractivity contribution in [3.63, 3.8) is 0 Å². The number of amidine groups is 1. The van der Waals surface area contributed by atoms with Crippen LogP contribution in [0.1, 0.15) is 31.9 Å². The summed E-state index contributed by atoms with van der Waals surface area (Å²) in [4.78, 5) is 4.99. The highest BCUT2D eigenvalue weighted by Crippen LogP contribution is 2.24. The first kappa shape index (κ1) is 20.5. The predicted octanol–water partition coefficient (Wildman–Crippen LogP) is 7.17. The van der Waals surface area contributed by atoms with E-state index in [1.54, 1.807) is 11.8 Å². The third-order valence-corrected chi connectivity index (χ3v) is 5.96. The van der Waals surface area contributed by atoms with Gasteiger partial charge in [0, 0.05) is 11.3 Å². The normalized spacial score (nSPS) is 12.4. The molecule has 0 atom stereocenters. The van der Waals surface area contributed by atoms with E-state index in [-0.39, 0.29) is 5.54 Å². The monoisotopic (exact) mass is 412 g/mol. The molecule has 0 radical (unpaired) electrons. The minimum atomic E-state index is -0.0383. The Morgan fingerprint density at radius 3 is 1.90 bits per heavy atom. The molecule has 0 bridgehead atoms. The Bertz CT molecular complexity index is 1180. The van der Waals surface area contributed by atoms with E-state index in [2.05, 4.69) is 111 Å². The highest BCUT2D eigenvalue weighted by molar-refractivity contribution is 8.13. The molecule has 0 heterocycles. The van der Waals surface area contributed by atoms with Crippen molar-refractivity contribution < 1.29 is 0 Å². The average molecular weight is 413 g/mol. The van der Waals surface area contributed by atoms with Gasteiger partial charge in [-0.15, -0.1) is 0 Å². The van der Waals surface area contributed by atoms with Gasteiger partial charge in [-0.3, -0.25) is 4.99 Å². The molecule has 4 aromatic rings. The van der Waals surface area contributed by atoms with Gasteiger partial charge in [0.1, 0.15) is 0 Å². The highest BCUT2D eigenvalue weighted by atomic mass is 32.2. The molecule has 0 aromatic heterocycles. The molecule has 0 saturated heterocycles. The SMILES string of the molecule is CC(C)(C)NC(=NCc1cccc2ccccc12)SCc1cccc2ccccc12. The van der Waals surface area contributed by atoms with Crippen molar-refractivity contribution in [3.05, 3.63) is 96.1 Å². The first-order valence-electron chi connectivity index (χ1n) is 10.4. The molecule has 152 valence electrons. The molecule has 0 unspecified atom stereocenters. The van der Waals surface area contributed by atoms with Gasteiger partial charge >= 0.3 is 0 Å². The van der Waals surface area contributed by atoms with Crippen molar-refractivity contribution in [2.75, 3.05) is 0 Å². The Morgan fingerprint density at radius 2 is 1.27 bits per heavy atom. The second-order valence-corrected chi connectivity index (χ2v) is 9.53. The standard InChI is InChI=1S/C27H28N2S/c1-27(2,3)29-26(28-18-22-14-8-12-20-10-4-6-16-24(20)22)30-19-23-15-9-13-21-11-5-7-17-25(21)23/h4-17H,18-19H2,1-3H3,(H,28,29). The van der Waals surface area contributed by atoms with Crippen molar-refractivity contribution in [2.24, 2.45) is 4.99 Å². The van der Waals surface area contributed by atoms with Crippen LogP contribution in [0.3, 0.4) is 0 Å². The molecule has 30 heavy (non-hydrogen) atoms. The van der Waals surface area contributed by atoms with Crippen LogP contribution >= 0.6 is 11.8 Å².